The van der Waals surface area contributed by atoms with Crippen molar-refractivity contribution in [2.45, 2.75) is 110 Å². The van der Waals surface area contributed by atoms with Crippen molar-refractivity contribution in [2.24, 2.45) is 5.41 Å². The van der Waals surface area contributed by atoms with E-state index in [1.165, 1.54) is 30.5 Å². The number of aromatic nitrogens is 1. The van der Waals surface area contributed by atoms with Crippen LogP contribution in [0.3, 0.4) is 0 Å². The van der Waals surface area contributed by atoms with Crippen LogP contribution in [0.2, 0.25) is 0 Å². The van der Waals surface area contributed by atoms with E-state index in [1.807, 2.05) is 34.6 Å². The van der Waals surface area contributed by atoms with Gasteiger partial charge in [-0.2, -0.15) is 0 Å². The molecule has 0 fully saturated rings. The van der Waals surface area contributed by atoms with Crippen LogP contribution in [0.1, 0.15) is 104 Å². The standard InChI is InChI=1S/C44H69N5O14S/c1-42(2,3)63-40(54)18-19-43(4,5)32-44(6,7)62-34-13-15-35(16-14-34)64(56,57)49-36-17-12-33(29-48-36)41(55)47-20-10-8-9-11-37(50)45-21-23-58-25-27-60-30-38(51)46-22-24-59-26-28-61-31-39(52)53/h12-17,29H,8-11,18-28,30-32H2,1-7H3,(H,45,50)(H,46,51)(H,47,55)(H,48,49)(H,52,53). The summed E-state index contributed by atoms with van der Waals surface area (Å²) < 4.78 is 61.0. The van der Waals surface area contributed by atoms with E-state index < -0.39 is 27.2 Å². The van der Waals surface area contributed by atoms with Gasteiger partial charge in [-0.15, -0.1) is 0 Å². The minimum Gasteiger partial charge on any atom is -0.488 e. The van der Waals surface area contributed by atoms with Gasteiger partial charge < -0.3 is 49.5 Å². The molecular weight excluding hydrogens is 855 g/mol. The first-order chi connectivity index (χ1) is 30.1. The monoisotopic (exact) mass is 923 g/mol. The smallest absolute Gasteiger partial charge is 0.329 e. The fourth-order valence-corrected chi connectivity index (χ4v) is 7.23. The SMILES string of the molecule is CC(C)(CCC(=O)OC(C)(C)C)CC(C)(C)Oc1ccc(S(=O)(=O)Nc2ccc(C(=O)NCCCCCC(=O)NCCOCCOCC(=O)NCCOCCOCC(=O)O)cn2)cc1. The van der Waals surface area contributed by atoms with Gasteiger partial charge in [-0.1, -0.05) is 20.3 Å². The third-order valence-corrected chi connectivity index (χ3v) is 10.2. The number of hydrogen-bond acceptors (Lipinski definition) is 14. The second-order valence-electron chi connectivity index (χ2n) is 17.3. The van der Waals surface area contributed by atoms with Crippen molar-refractivity contribution in [2.75, 3.05) is 77.2 Å². The molecule has 0 spiro atoms. The Morgan fingerprint density at radius 3 is 1.88 bits per heavy atom. The van der Waals surface area contributed by atoms with Gasteiger partial charge in [0.15, 0.2) is 0 Å². The molecule has 0 unspecified atom stereocenters. The Balaban J connectivity index is 1.57. The van der Waals surface area contributed by atoms with Crippen LogP contribution >= 0.6 is 0 Å². The summed E-state index contributed by atoms with van der Waals surface area (Å²) in [7, 11) is -3.99. The molecule has 5 N–H and O–H groups in total. The number of ether oxygens (including phenoxy) is 6. The van der Waals surface area contributed by atoms with E-state index in [0.29, 0.717) is 63.8 Å². The lowest BCUT2D eigenvalue weighted by molar-refractivity contribution is -0.155. The number of aliphatic carboxylic acids is 1. The quantitative estimate of drug-likeness (QED) is 0.0496. The van der Waals surface area contributed by atoms with Crippen LogP contribution in [0.4, 0.5) is 5.82 Å². The first-order valence-corrected chi connectivity index (χ1v) is 22.9. The molecule has 20 heteroatoms. The third-order valence-electron chi connectivity index (χ3n) is 8.83. The van der Waals surface area contributed by atoms with Crippen molar-refractivity contribution in [3.05, 3.63) is 48.2 Å². The fourth-order valence-electron chi connectivity index (χ4n) is 6.22. The zero-order valence-corrected chi connectivity index (χ0v) is 39.2. The summed E-state index contributed by atoms with van der Waals surface area (Å²) in [4.78, 5) is 63.2. The van der Waals surface area contributed by atoms with E-state index in [2.05, 4.69) is 39.5 Å². The van der Waals surface area contributed by atoms with Crippen molar-refractivity contribution in [3.63, 3.8) is 0 Å². The highest BCUT2D eigenvalue weighted by atomic mass is 32.2. The van der Waals surface area contributed by atoms with E-state index in [4.69, 9.17) is 33.5 Å². The van der Waals surface area contributed by atoms with Crippen molar-refractivity contribution < 1.29 is 65.9 Å². The number of rotatable bonds is 33. The third kappa shape index (κ3) is 26.0. The van der Waals surface area contributed by atoms with Gasteiger partial charge in [0.25, 0.3) is 15.9 Å². The van der Waals surface area contributed by atoms with Crippen LogP contribution in [0.5, 0.6) is 5.75 Å². The van der Waals surface area contributed by atoms with Crippen molar-refractivity contribution >= 4 is 45.5 Å². The largest absolute Gasteiger partial charge is 0.488 e. The lowest BCUT2D eigenvalue weighted by Crippen LogP contribution is -2.35. The Bertz CT molecular complexity index is 1850. The molecule has 2 aromatic rings. The molecule has 0 aliphatic heterocycles. The van der Waals surface area contributed by atoms with Gasteiger partial charge in [-0.05, 0) is 102 Å². The molecule has 2 rings (SSSR count). The van der Waals surface area contributed by atoms with E-state index in [1.54, 1.807) is 12.1 Å². The number of nitrogens with zero attached hydrogens (tertiary/aromatic N) is 1. The summed E-state index contributed by atoms with van der Waals surface area (Å²) in [6, 6.07) is 8.94. The highest BCUT2D eigenvalue weighted by Gasteiger charge is 2.32. The van der Waals surface area contributed by atoms with Gasteiger partial charge in [-0.3, -0.25) is 23.9 Å². The Labute approximate surface area is 377 Å². The maximum atomic E-state index is 13.1. The zero-order valence-electron chi connectivity index (χ0n) is 38.4. The number of carbonyl (C=O) groups excluding carboxylic acids is 4. The van der Waals surface area contributed by atoms with Crippen molar-refractivity contribution in [1.29, 1.82) is 0 Å². The second-order valence-corrected chi connectivity index (χ2v) is 19.0. The van der Waals surface area contributed by atoms with Crippen LogP contribution in [-0.4, -0.2) is 132 Å². The molecule has 0 saturated heterocycles. The summed E-state index contributed by atoms with van der Waals surface area (Å²) in [5.41, 5.74) is -1.11. The summed E-state index contributed by atoms with van der Waals surface area (Å²) >= 11 is 0. The average molecular weight is 924 g/mol. The normalized spacial score (nSPS) is 12.0. The predicted octanol–water partition coefficient (Wildman–Crippen LogP) is 4.25. The highest BCUT2D eigenvalue weighted by Crippen LogP contribution is 2.35. The first-order valence-electron chi connectivity index (χ1n) is 21.4. The lowest BCUT2D eigenvalue weighted by atomic mass is 9.78. The number of amides is 3. The molecule has 0 aliphatic carbocycles. The second kappa shape index (κ2) is 28.1. The number of carbonyl (C=O) groups is 5. The molecule has 1 aromatic heterocycles. The number of nitrogens with one attached hydrogen (secondary N) is 4. The predicted molar refractivity (Wildman–Crippen MR) is 237 cm³/mol. The van der Waals surface area contributed by atoms with Gasteiger partial charge in [0.2, 0.25) is 11.8 Å². The molecule has 360 valence electrons. The molecule has 1 heterocycles. The Kier molecular flexibility index (Phi) is 24.3. The molecule has 0 bridgehead atoms. The van der Waals surface area contributed by atoms with Gasteiger partial charge in [0.1, 0.15) is 36.0 Å². The zero-order chi connectivity index (χ0) is 47.7. The first kappa shape index (κ1) is 55.2. The summed E-state index contributed by atoms with van der Waals surface area (Å²) in [6.45, 7) is 15.4. The number of benzene rings is 1. The number of esters is 1. The van der Waals surface area contributed by atoms with Crippen LogP contribution < -0.4 is 25.4 Å². The number of carboxylic acids is 1. The van der Waals surface area contributed by atoms with E-state index in [0.717, 1.165) is 0 Å². The van der Waals surface area contributed by atoms with Gasteiger partial charge in [0.05, 0.1) is 50.1 Å². The number of carboxylic acid groups (broad SMARTS) is 1. The van der Waals surface area contributed by atoms with Crippen LogP contribution in [-0.2, 0) is 52.9 Å². The van der Waals surface area contributed by atoms with Gasteiger partial charge >= 0.3 is 11.9 Å². The van der Waals surface area contributed by atoms with Crippen molar-refractivity contribution in [1.82, 2.24) is 20.9 Å². The molecule has 0 atom stereocenters. The number of sulfonamides is 1. The number of anilines is 1. The Hall–Kier alpha value is -4.89. The molecule has 0 radical (unpaired) electrons. The molecule has 0 saturated carbocycles. The fraction of sp³-hybridized carbons (Fsp3) is 0.636. The maximum absolute atomic E-state index is 13.1. The summed E-state index contributed by atoms with van der Waals surface area (Å²) in [5, 5.41) is 16.7. The summed E-state index contributed by atoms with van der Waals surface area (Å²) in [5.74, 6) is -1.54. The number of hydrogen-bond donors (Lipinski definition) is 5. The minimum absolute atomic E-state index is 0.00580. The molecule has 1 aromatic carbocycles. The molecule has 64 heavy (non-hydrogen) atoms. The molecule has 3 amide bonds. The van der Waals surface area contributed by atoms with E-state index in [-0.39, 0.29) is 105 Å². The van der Waals surface area contributed by atoms with Gasteiger partial charge in [0, 0.05) is 38.7 Å². The van der Waals surface area contributed by atoms with Crippen LogP contribution in [0, 0.1) is 5.41 Å². The van der Waals surface area contributed by atoms with E-state index >= 15 is 0 Å². The highest BCUT2D eigenvalue weighted by molar-refractivity contribution is 7.92. The van der Waals surface area contributed by atoms with E-state index in [9.17, 15) is 32.4 Å². The van der Waals surface area contributed by atoms with Crippen LogP contribution in [0.25, 0.3) is 0 Å². The maximum Gasteiger partial charge on any atom is 0.329 e. The minimum atomic E-state index is -3.99. The van der Waals surface area contributed by atoms with Gasteiger partial charge in [-0.25, -0.2) is 18.2 Å². The molecular formula is C44H69N5O14S. The number of unbranched alkanes of at least 4 members (excludes halogenated alkanes) is 2. The summed E-state index contributed by atoms with van der Waals surface area (Å²) in [6.07, 6.45) is 5.16. The molecule has 19 nitrogen and oxygen atoms in total. The average Bonchev–Trinajstić information content (AvgIpc) is 3.19. The molecule has 0 aliphatic rings. The topological polar surface area (TPSA) is 256 Å². The Morgan fingerprint density at radius 1 is 0.672 bits per heavy atom. The Morgan fingerprint density at radius 2 is 1.28 bits per heavy atom. The van der Waals surface area contributed by atoms with Crippen LogP contribution in [0.15, 0.2) is 47.5 Å². The van der Waals surface area contributed by atoms with Crippen molar-refractivity contribution in [3.8, 4) is 5.75 Å². The number of pyridine rings is 1. The lowest BCUT2D eigenvalue weighted by Gasteiger charge is -2.35.